The maximum atomic E-state index is 13.9. The minimum atomic E-state index is -3.74. The third kappa shape index (κ3) is 3.64. The molecule has 1 fully saturated rings. The van der Waals surface area contributed by atoms with Crippen molar-refractivity contribution >= 4 is 15.9 Å². The quantitative estimate of drug-likeness (QED) is 0.729. The summed E-state index contributed by atoms with van der Waals surface area (Å²) < 4.78 is 67.4. The van der Waals surface area contributed by atoms with Crippen LogP contribution in [0.5, 0.6) is 0 Å². The number of rotatable bonds is 3. The number of amides is 1. The van der Waals surface area contributed by atoms with Crippen LogP contribution in [-0.4, -0.2) is 49.7 Å². The monoisotopic (exact) mass is 412 g/mol. The third-order valence-corrected chi connectivity index (χ3v) is 6.79. The molecular weight excluding hydrogens is 393 g/mol. The Morgan fingerprint density at radius 2 is 1.57 bits per heavy atom. The molecule has 0 N–H and O–H groups in total. The van der Waals surface area contributed by atoms with Crippen LogP contribution in [0.3, 0.4) is 0 Å². The first-order valence-corrected chi connectivity index (χ1v) is 10.1. The van der Waals surface area contributed by atoms with E-state index in [9.17, 15) is 26.4 Å². The fraction of sp³-hybridized carbons (Fsp3) is 0.316. The summed E-state index contributed by atoms with van der Waals surface area (Å²) in [6.07, 6.45) is 0. The van der Waals surface area contributed by atoms with E-state index in [-0.39, 0.29) is 31.1 Å². The van der Waals surface area contributed by atoms with Gasteiger partial charge in [-0.15, -0.1) is 0 Å². The van der Waals surface area contributed by atoms with E-state index in [1.807, 2.05) is 6.07 Å². The highest BCUT2D eigenvalue weighted by molar-refractivity contribution is 7.89. The molecule has 0 spiro atoms. The molecule has 0 unspecified atom stereocenters. The molecule has 0 aromatic heterocycles. The summed E-state index contributed by atoms with van der Waals surface area (Å²) in [5.74, 6) is -5.43. The molecule has 28 heavy (non-hydrogen) atoms. The molecule has 150 valence electrons. The van der Waals surface area contributed by atoms with Crippen molar-refractivity contribution in [1.82, 2.24) is 9.21 Å². The van der Waals surface area contributed by atoms with E-state index in [0.29, 0.717) is 11.6 Å². The highest BCUT2D eigenvalue weighted by Crippen LogP contribution is 2.23. The molecule has 2 aromatic rings. The minimum absolute atomic E-state index is 0.0152. The van der Waals surface area contributed by atoms with Crippen molar-refractivity contribution in [1.29, 1.82) is 0 Å². The predicted molar refractivity (Wildman–Crippen MR) is 96.9 cm³/mol. The first-order valence-electron chi connectivity index (χ1n) is 8.63. The van der Waals surface area contributed by atoms with Crippen LogP contribution >= 0.6 is 0 Å². The molecule has 0 atom stereocenters. The molecule has 1 aliphatic heterocycles. The van der Waals surface area contributed by atoms with Crippen LogP contribution in [-0.2, 0) is 10.0 Å². The Balaban J connectivity index is 1.76. The van der Waals surface area contributed by atoms with Crippen molar-refractivity contribution in [2.24, 2.45) is 0 Å². The van der Waals surface area contributed by atoms with Gasteiger partial charge in [0.25, 0.3) is 5.91 Å². The zero-order chi connectivity index (χ0) is 20.6. The molecular formula is C19H19F3N2O3S. The predicted octanol–water partition coefficient (Wildman–Crippen LogP) is 2.87. The number of sulfonamides is 1. The minimum Gasteiger partial charge on any atom is -0.336 e. The number of piperazine rings is 1. The number of hydrogen-bond donors (Lipinski definition) is 0. The van der Waals surface area contributed by atoms with Gasteiger partial charge in [-0.3, -0.25) is 4.79 Å². The maximum Gasteiger partial charge on any atom is 0.257 e. The standard InChI is InChI=1S/C19H19F3N2O3S/c1-12-3-4-13(2)16(11-12)28(26,27)24-9-7-23(8-10-24)19(25)14-5-6-15(20)18(22)17(14)21/h3-6,11H,7-10H2,1-2H3. The molecule has 1 aliphatic rings. The van der Waals surface area contributed by atoms with E-state index in [0.717, 1.165) is 11.6 Å². The van der Waals surface area contributed by atoms with E-state index < -0.39 is 38.9 Å². The first kappa shape index (κ1) is 20.3. The number of halogens is 3. The van der Waals surface area contributed by atoms with E-state index in [1.165, 1.54) is 9.21 Å². The van der Waals surface area contributed by atoms with E-state index in [4.69, 9.17) is 0 Å². The van der Waals surface area contributed by atoms with Crippen LogP contribution in [0.15, 0.2) is 35.2 Å². The van der Waals surface area contributed by atoms with Gasteiger partial charge >= 0.3 is 0 Å². The second-order valence-corrected chi connectivity index (χ2v) is 8.59. The maximum absolute atomic E-state index is 13.9. The molecule has 0 radical (unpaired) electrons. The summed E-state index contributed by atoms with van der Waals surface area (Å²) in [4.78, 5) is 13.9. The van der Waals surface area contributed by atoms with Crippen molar-refractivity contribution in [3.63, 3.8) is 0 Å². The topological polar surface area (TPSA) is 57.7 Å². The summed E-state index contributed by atoms with van der Waals surface area (Å²) >= 11 is 0. The number of hydrogen-bond acceptors (Lipinski definition) is 3. The summed E-state index contributed by atoms with van der Waals surface area (Å²) in [5.41, 5.74) is 0.851. The molecule has 2 aromatic carbocycles. The molecule has 3 rings (SSSR count). The lowest BCUT2D eigenvalue weighted by Crippen LogP contribution is -2.50. The Kier molecular flexibility index (Phi) is 5.49. The molecule has 9 heteroatoms. The number of benzene rings is 2. The van der Waals surface area contributed by atoms with E-state index >= 15 is 0 Å². The Morgan fingerprint density at radius 3 is 2.21 bits per heavy atom. The van der Waals surface area contributed by atoms with Gasteiger partial charge < -0.3 is 4.90 Å². The second-order valence-electron chi connectivity index (χ2n) is 6.69. The summed E-state index contributed by atoms with van der Waals surface area (Å²) in [6, 6.07) is 6.72. The second kappa shape index (κ2) is 7.56. The normalized spacial score (nSPS) is 15.7. The van der Waals surface area contributed by atoms with Crippen LogP contribution in [0.4, 0.5) is 13.2 Å². The average Bonchev–Trinajstić information content (AvgIpc) is 2.67. The van der Waals surface area contributed by atoms with Crippen LogP contribution < -0.4 is 0 Å². The zero-order valence-electron chi connectivity index (χ0n) is 15.4. The number of aryl methyl sites for hydroxylation is 2. The van der Waals surface area contributed by atoms with Crippen LogP contribution in [0.1, 0.15) is 21.5 Å². The number of carbonyl (C=O) groups excluding carboxylic acids is 1. The Labute approximate surface area is 161 Å². The fourth-order valence-electron chi connectivity index (χ4n) is 3.12. The summed E-state index contributed by atoms with van der Waals surface area (Å²) in [5, 5.41) is 0. The molecule has 1 amide bonds. The number of carbonyl (C=O) groups is 1. The van der Waals surface area contributed by atoms with Crippen LogP contribution in [0.25, 0.3) is 0 Å². The molecule has 0 bridgehead atoms. The Hall–Kier alpha value is -2.39. The largest absolute Gasteiger partial charge is 0.336 e. The van der Waals surface area contributed by atoms with Gasteiger partial charge in [0.1, 0.15) is 0 Å². The zero-order valence-corrected chi connectivity index (χ0v) is 16.2. The lowest BCUT2D eigenvalue weighted by molar-refractivity contribution is 0.0691. The van der Waals surface area contributed by atoms with E-state index in [2.05, 4.69) is 0 Å². The van der Waals surface area contributed by atoms with Crippen molar-refractivity contribution in [2.45, 2.75) is 18.7 Å². The van der Waals surface area contributed by atoms with Gasteiger partial charge in [-0.2, -0.15) is 4.31 Å². The highest BCUT2D eigenvalue weighted by atomic mass is 32.2. The smallest absolute Gasteiger partial charge is 0.257 e. The van der Waals surface area contributed by atoms with Gasteiger partial charge in [0.2, 0.25) is 10.0 Å². The van der Waals surface area contributed by atoms with Gasteiger partial charge in [-0.1, -0.05) is 12.1 Å². The fourth-order valence-corrected chi connectivity index (χ4v) is 4.85. The molecule has 0 aliphatic carbocycles. The van der Waals surface area contributed by atoms with E-state index in [1.54, 1.807) is 26.0 Å². The molecule has 1 heterocycles. The molecule has 5 nitrogen and oxygen atoms in total. The van der Waals surface area contributed by atoms with Gasteiger partial charge in [0.15, 0.2) is 17.5 Å². The summed E-state index contributed by atoms with van der Waals surface area (Å²) in [6.45, 7) is 3.58. The van der Waals surface area contributed by atoms with Gasteiger partial charge in [0.05, 0.1) is 10.5 Å². The van der Waals surface area contributed by atoms with Crippen molar-refractivity contribution < 1.29 is 26.4 Å². The number of nitrogens with zero attached hydrogens (tertiary/aromatic N) is 2. The molecule has 1 saturated heterocycles. The Morgan fingerprint density at radius 1 is 0.929 bits per heavy atom. The molecule has 0 saturated carbocycles. The lowest BCUT2D eigenvalue weighted by atomic mass is 10.1. The highest BCUT2D eigenvalue weighted by Gasteiger charge is 2.32. The van der Waals surface area contributed by atoms with Gasteiger partial charge in [-0.05, 0) is 43.2 Å². The average molecular weight is 412 g/mol. The first-order chi connectivity index (χ1) is 13.1. The summed E-state index contributed by atoms with van der Waals surface area (Å²) in [7, 11) is -3.74. The van der Waals surface area contributed by atoms with Crippen molar-refractivity contribution in [3.05, 3.63) is 64.5 Å². The Bertz CT molecular complexity index is 1030. The lowest BCUT2D eigenvalue weighted by Gasteiger charge is -2.34. The van der Waals surface area contributed by atoms with Gasteiger partial charge in [-0.25, -0.2) is 21.6 Å². The SMILES string of the molecule is Cc1ccc(C)c(S(=O)(=O)N2CCN(C(=O)c3ccc(F)c(F)c3F)CC2)c1. The van der Waals surface area contributed by atoms with Gasteiger partial charge in [0, 0.05) is 26.2 Å². The van der Waals surface area contributed by atoms with Crippen molar-refractivity contribution in [2.75, 3.05) is 26.2 Å². The van der Waals surface area contributed by atoms with Crippen molar-refractivity contribution in [3.8, 4) is 0 Å². The van der Waals surface area contributed by atoms with Crippen LogP contribution in [0.2, 0.25) is 0 Å². The third-order valence-electron chi connectivity index (χ3n) is 4.75. The van der Waals surface area contributed by atoms with Crippen LogP contribution in [0, 0.1) is 31.3 Å².